The zero-order valence-corrected chi connectivity index (χ0v) is 13.2. The summed E-state index contributed by atoms with van der Waals surface area (Å²) in [7, 11) is 0. The lowest BCUT2D eigenvalue weighted by Crippen LogP contribution is -2.18. The number of ether oxygens (including phenoxy) is 2. The summed E-state index contributed by atoms with van der Waals surface area (Å²) < 4.78 is 12.2. The van der Waals surface area contributed by atoms with Crippen LogP contribution in [0.5, 0.6) is 11.5 Å². The Balaban J connectivity index is 1.55. The Kier molecular flexibility index (Phi) is 4.72. The van der Waals surface area contributed by atoms with Gasteiger partial charge in [-0.1, -0.05) is 6.07 Å². The van der Waals surface area contributed by atoms with Gasteiger partial charge in [-0.05, 0) is 58.2 Å². The maximum atomic E-state index is 5.63. The minimum Gasteiger partial charge on any atom is -0.486 e. The van der Waals surface area contributed by atoms with Crippen molar-refractivity contribution in [3.8, 4) is 11.5 Å². The quantitative estimate of drug-likeness (QED) is 0.843. The molecule has 21 heavy (non-hydrogen) atoms. The predicted octanol–water partition coefficient (Wildman–Crippen LogP) is 2.95. The van der Waals surface area contributed by atoms with Gasteiger partial charge in [0, 0.05) is 18.9 Å². The number of nitrogens with one attached hydrogen (secondary N) is 1. The van der Waals surface area contributed by atoms with Crippen LogP contribution in [0.4, 0.5) is 0 Å². The van der Waals surface area contributed by atoms with Crippen LogP contribution in [0.15, 0.2) is 41.1 Å². The van der Waals surface area contributed by atoms with Gasteiger partial charge in [-0.25, -0.2) is 0 Å². The fourth-order valence-electron chi connectivity index (χ4n) is 2.28. The molecule has 0 saturated heterocycles. The largest absolute Gasteiger partial charge is 0.486 e. The zero-order chi connectivity index (χ0) is 14.5. The molecule has 0 saturated carbocycles. The fourth-order valence-corrected chi connectivity index (χ4v) is 2.88. The third-order valence-corrected chi connectivity index (χ3v) is 3.89. The van der Waals surface area contributed by atoms with Gasteiger partial charge in [0.15, 0.2) is 11.5 Å². The van der Waals surface area contributed by atoms with E-state index >= 15 is 0 Å². The van der Waals surface area contributed by atoms with E-state index in [2.05, 4.69) is 38.4 Å². The Labute approximate surface area is 132 Å². The smallest absolute Gasteiger partial charge is 0.175 e. The van der Waals surface area contributed by atoms with Crippen LogP contribution < -0.4 is 14.8 Å². The molecule has 3 rings (SSSR count). The number of fused-ring (bicyclic) bond motifs is 1. The summed E-state index contributed by atoms with van der Waals surface area (Å²) in [4.78, 5) is 4.12. The van der Waals surface area contributed by atoms with Gasteiger partial charge in [0.1, 0.15) is 13.2 Å². The average Bonchev–Trinajstić information content (AvgIpc) is 2.53. The molecule has 5 heteroatoms. The second-order valence-electron chi connectivity index (χ2n) is 4.89. The van der Waals surface area contributed by atoms with E-state index in [-0.39, 0.29) is 0 Å². The Bertz CT molecular complexity index is 605. The molecule has 0 spiro atoms. The second kappa shape index (κ2) is 6.91. The summed E-state index contributed by atoms with van der Waals surface area (Å²) in [6, 6.07) is 8.17. The maximum Gasteiger partial charge on any atom is 0.175 e. The number of hydrogen-bond acceptors (Lipinski definition) is 4. The first-order valence-electron chi connectivity index (χ1n) is 7.00. The van der Waals surface area contributed by atoms with Crippen LogP contribution in [-0.4, -0.2) is 24.7 Å². The van der Waals surface area contributed by atoms with Crippen molar-refractivity contribution < 1.29 is 9.47 Å². The molecule has 0 bridgehead atoms. The van der Waals surface area contributed by atoms with Crippen molar-refractivity contribution in [1.29, 1.82) is 0 Å². The normalized spacial score (nSPS) is 13.2. The van der Waals surface area contributed by atoms with E-state index in [1.807, 2.05) is 18.3 Å². The van der Waals surface area contributed by atoms with Crippen LogP contribution >= 0.6 is 15.9 Å². The van der Waals surface area contributed by atoms with Gasteiger partial charge in [-0.2, -0.15) is 0 Å². The highest BCUT2D eigenvalue weighted by molar-refractivity contribution is 9.10. The topological polar surface area (TPSA) is 43.4 Å². The lowest BCUT2D eigenvalue weighted by Gasteiger charge is -2.20. The molecule has 1 aromatic heterocycles. The number of pyridine rings is 1. The highest BCUT2D eigenvalue weighted by Crippen LogP contribution is 2.38. The molecule has 0 radical (unpaired) electrons. The molecule has 1 aromatic carbocycles. The Morgan fingerprint density at radius 3 is 2.95 bits per heavy atom. The summed E-state index contributed by atoms with van der Waals surface area (Å²) in [5.74, 6) is 1.63. The van der Waals surface area contributed by atoms with Crippen LogP contribution in [0, 0.1) is 0 Å². The molecule has 0 atom stereocenters. The number of rotatable bonds is 5. The number of halogens is 1. The highest BCUT2D eigenvalue weighted by Gasteiger charge is 2.16. The summed E-state index contributed by atoms with van der Waals surface area (Å²) in [6.07, 6.45) is 4.67. The molecular weight excluding hydrogens is 332 g/mol. The van der Waals surface area contributed by atoms with Crippen LogP contribution in [0.3, 0.4) is 0 Å². The first kappa shape index (κ1) is 14.4. The number of hydrogen-bond donors (Lipinski definition) is 1. The van der Waals surface area contributed by atoms with E-state index in [4.69, 9.17) is 9.47 Å². The van der Waals surface area contributed by atoms with Gasteiger partial charge >= 0.3 is 0 Å². The van der Waals surface area contributed by atoms with E-state index in [0.717, 1.165) is 35.5 Å². The van der Waals surface area contributed by atoms with Crippen molar-refractivity contribution in [2.24, 2.45) is 0 Å². The molecule has 0 aliphatic carbocycles. The Hall–Kier alpha value is -1.59. The number of benzene rings is 1. The van der Waals surface area contributed by atoms with Gasteiger partial charge < -0.3 is 14.8 Å². The van der Waals surface area contributed by atoms with Gasteiger partial charge in [-0.15, -0.1) is 0 Å². The van der Waals surface area contributed by atoms with Crippen molar-refractivity contribution in [1.82, 2.24) is 10.3 Å². The standard InChI is InChI=1S/C16H17BrN2O2/c17-14-8-13(9-15-16(14)21-7-6-20-15)11-19-5-3-12-2-1-4-18-10-12/h1-2,4,8-10,19H,3,5-7,11H2. The maximum absolute atomic E-state index is 5.63. The first-order valence-corrected chi connectivity index (χ1v) is 7.80. The summed E-state index contributed by atoms with van der Waals surface area (Å²) in [5, 5.41) is 3.44. The molecule has 0 amide bonds. The van der Waals surface area contributed by atoms with Gasteiger partial charge in [0.2, 0.25) is 0 Å². The molecular formula is C16H17BrN2O2. The van der Waals surface area contributed by atoms with E-state index in [1.165, 1.54) is 11.1 Å². The molecule has 1 aliphatic rings. The Morgan fingerprint density at radius 2 is 2.10 bits per heavy atom. The van der Waals surface area contributed by atoms with Crippen LogP contribution in [-0.2, 0) is 13.0 Å². The molecule has 2 aromatic rings. The molecule has 0 unspecified atom stereocenters. The van der Waals surface area contributed by atoms with Crippen LogP contribution in [0.1, 0.15) is 11.1 Å². The van der Waals surface area contributed by atoms with Gasteiger partial charge in [-0.3, -0.25) is 4.98 Å². The molecule has 1 aliphatic heterocycles. The van der Waals surface area contributed by atoms with Crippen LogP contribution in [0.25, 0.3) is 0 Å². The zero-order valence-electron chi connectivity index (χ0n) is 11.6. The van der Waals surface area contributed by atoms with E-state index in [1.54, 1.807) is 6.20 Å². The third kappa shape index (κ3) is 3.74. The average molecular weight is 349 g/mol. The second-order valence-corrected chi connectivity index (χ2v) is 5.74. The summed E-state index contributed by atoms with van der Waals surface area (Å²) in [5.41, 5.74) is 2.42. The van der Waals surface area contributed by atoms with E-state index < -0.39 is 0 Å². The van der Waals surface area contributed by atoms with Gasteiger partial charge in [0.25, 0.3) is 0 Å². The van der Waals surface area contributed by atoms with Crippen LogP contribution in [0.2, 0.25) is 0 Å². The minimum absolute atomic E-state index is 0.605. The van der Waals surface area contributed by atoms with E-state index in [0.29, 0.717) is 13.2 Å². The van der Waals surface area contributed by atoms with Crippen molar-refractivity contribution >= 4 is 15.9 Å². The van der Waals surface area contributed by atoms with Crippen molar-refractivity contribution in [2.75, 3.05) is 19.8 Å². The van der Waals surface area contributed by atoms with E-state index in [9.17, 15) is 0 Å². The highest BCUT2D eigenvalue weighted by atomic mass is 79.9. The van der Waals surface area contributed by atoms with Crippen molar-refractivity contribution in [2.45, 2.75) is 13.0 Å². The first-order chi connectivity index (χ1) is 10.3. The summed E-state index contributed by atoms with van der Waals surface area (Å²) in [6.45, 7) is 2.93. The minimum atomic E-state index is 0.605. The Morgan fingerprint density at radius 1 is 1.19 bits per heavy atom. The molecule has 1 N–H and O–H groups in total. The summed E-state index contributed by atoms with van der Waals surface area (Å²) >= 11 is 3.54. The molecule has 110 valence electrons. The molecule has 0 fully saturated rings. The SMILES string of the molecule is Brc1cc(CNCCc2cccnc2)cc2c1OCCO2. The predicted molar refractivity (Wildman–Crippen MR) is 84.8 cm³/mol. The number of aromatic nitrogens is 1. The van der Waals surface area contributed by atoms with Gasteiger partial charge in [0.05, 0.1) is 4.47 Å². The van der Waals surface area contributed by atoms with Crippen molar-refractivity contribution in [3.05, 3.63) is 52.3 Å². The lowest BCUT2D eigenvalue weighted by molar-refractivity contribution is 0.170. The molecule has 4 nitrogen and oxygen atoms in total. The number of nitrogens with zero attached hydrogens (tertiary/aromatic N) is 1. The van der Waals surface area contributed by atoms with Crippen molar-refractivity contribution in [3.63, 3.8) is 0 Å². The fraction of sp³-hybridized carbons (Fsp3) is 0.312. The third-order valence-electron chi connectivity index (χ3n) is 3.30. The lowest BCUT2D eigenvalue weighted by atomic mass is 10.2. The monoisotopic (exact) mass is 348 g/mol. The molecule has 2 heterocycles.